The molecule has 1 amide bonds. The normalized spacial score (nSPS) is 10.5. The molecule has 0 radical (unpaired) electrons. The minimum atomic E-state index is -0.136. The Morgan fingerprint density at radius 3 is 2.57 bits per heavy atom. The maximum atomic E-state index is 11.7. The maximum absolute atomic E-state index is 11.7. The summed E-state index contributed by atoms with van der Waals surface area (Å²) in [7, 11) is 1.63. The van der Waals surface area contributed by atoms with Gasteiger partial charge in [0.05, 0.1) is 19.1 Å². The molecule has 0 aliphatic carbocycles. The highest BCUT2D eigenvalue weighted by Crippen LogP contribution is 2.20. The Balaban J connectivity index is 1.75. The monoisotopic (exact) mass is 300 g/mol. The molecule has 2 aromatic carbocycles. The Hall–Kier alpha value is -2.27. The molecular formula is C16H16N2O2S. The quantitative estimate of drug-likeness (QED) is 0.507. The molecule has 4 nitrogen and oxygen atoms in total. The average molecular weight is 300 g/mol. The van der Waals surface area contributed by atoms with Crippen LogP contribution in [0.25, 0.3) is 0 Å². The van der Waals surface area contributed by atoms with Crippen LogP contribution >= 0.6 is 11.8 Å². The number of thioether (sulfide) groups is 1. The van der Waals surface area contributed by atoms with E-state index in [9.17, 15) is 4.79 Å². The molecule has 0 aliphatic rings. The fourth-order valence-electron chi connectivity index (χ4n) is 1.57. The van der Waals surface area contributed by atoms with Gasteiger partial charge in [-0.15, -0.1) is 11.8 Å². The second-order valence-corrected chi connectivity index (χ2v) is 5.22. The topological polar surface area (TPSA) is 50.7 Å². The Labute approximate surface area is 128 Å². The minimum absolute atomic E-state index is 0.136. The Bertz CT molecular complexity index is 597. The summed E-state index contributed by atoms with van der Waals surface area (Å²) < 4.78 is 5.08. The number of amides is 1. The number of benzene rings is 2. The van der Waals surface area contributed by atoms with Gasteiger partial charge in [0.25, 0.3) is 0 Å². The summed E-state index contributed by atoms with van der Waals surface area (Å²) in [5, 5.41) is 3.92. The van der Waals surface area contributed by atoms with Crippen molar-refractivity contribution in [3.63, 3.8) is 0 Å². The zero-order chi connectivity index (χ0) is 14.9. The lowest BCUT2D eigenvalue weighted by atomic mass is 10.2. The van der Waals surface area contributed by atoms with Crippen molar-refractivity contribution >= 4 is 23.9 Å². The van der Waals surface area contributed by atoms with Gasteiger partial charge in [0, 0.05) is 4.90 Å². The average Bonchev–Trinajstić information content (AvgIpc) is 2.54. The largest absolute Gasteiger partial charge is 0.497 e. The van der Waals surface area contributed by atoms with Crippen molar-refractivity contribution in [1.82, 2.24) is 5.43 Å². The predicted molar refractivity (Wildman–Crippen MR) is 85.9 cm³/mol. The van der Waals surface area contributed by atoms with Crippen molar-refractivity contribution in [2.45, 2.75) is 4.90 Å². The van der Waals surface area contributed by atoms with Crippen LogP contribution in [0.15, 0.2) is 64.6 Å². The van der Waals surface area contributed by atoms with Crippen LogP contribution in [0.4, 0.5) is 0 Å². The summed E-state index contributed by atoms with van der Waals surface area (Å²) >= 11 is 1.45. The number of rotatable bonds is 6. The lowest BCUT2D eigenvalue weighted by Gasteiger charge is -2.02. The third-order valence-corrected chi connectivity index (χ3v) is 3.64. The number of hydrogen-bond donors (Lipinski definition) is 1. The SMILES string of the molecule is COc1ccc(SCC(=O)N/N=C/c2ccccc2)cc1. The predicted octanol–water partition coefficient (Wildman–Crippen LogP) is 2.94. The molecule has 0 bridgehead atoms. The number of carbonyl (C=O) groups is 1. The van der Waals surface area contributed by atoms with E-state index < -0.39 is 0 Å². The smallest absolute Gasteiger partial charge is 0.250 e. The van der Waals surface area contributed by atoms with Gasteiger partial charge in [-0.2, -0.15) is 5.10 Å². The molecule has 2 rings (SSSR count). The standard InChI is InChI=1S/C16H16N2O2S/c1-20-14-7-9-15(10-8-14)21-12-16(19)18-17-11-13-5-3-2-4-6-13/h2-11H,12H2,1H3,(H,18,19)/b17-11+. The van der Waals surface area contributed by atoms with E-state index in [-0.39, 0.29) is 5.91 Å². The third-order valence-electron chi connectivity index (χ3n) is 2.63. The first-order valence-corrected chi connectivity index (χ1v) is 7.40. The molecule has 0 saturated carbocycles. The van der Waals surface area contributed by atoms with Gasteiger partial charge in [-0.3, -0.25) is 4.79 Å². The van der Waals surface area contributed by atoms with Gasteiger partial charge in [-0.25, -0.2) is 5.43 Å². The fourth-order valence-corrected chi connectivity index (χ4v) is 2.26. The number of nitrogens with one attached hydrogen (secondary N) is 1. The molecule has 0 heterocycles. The lowest BCUT2D eigenvalue weighted by Crippen LogP contribution is -2.19. The minimum Gasteiger partial charge on any atom is -0.497 e. The highest BCUT2D eigenvalue weighted by atomic mass is 32.2. The molecule has 108 valence electrons. The second kappa shape index (κ2) is 8.11. The Kier molecular flexibility index (Phi) is 5.84. The van der Waals surface area contributed by atoms with Crippen LogP contribution in [0.2, 0.25) is 0 Å². The van der Waals surface area contributed by atoms with Gasteiger partial charge in [0.15, 0.2) is 0 Å². The molecule has 1 N–H and O–H groups in total. The first-order chi connectivity index (χ1) is 10.3. The van der Waals surface area contributed by atoms with Crippen LogP contribution < -0.4 is 10.2 Å². The molecule has 0 aromatic heterocycles. The van der Waals surface area contributed by atoms with E-state index in [4.69, 9.17) is 4.74 Å². The molecule has 0 unspecified atom stereocenters. The van der Waals surface area contributed by atoms with Crippen molar-refractivity contribution in [2.75, 3.05) is 12.9 Å². The van der Waals surface area contributed by atoms with Gasteiger partial charge in [-0.05, 0) is 29.8 Å². The number of hydrogen-bond acceptors (Lipinski definition) is 4. The summed E-state index contributed by atoms with van der Waals surface area (Å²) in [5.41, 5.74) is 3.45. The Morgan fingerprint density at radius 2 is 1.90 bits per heavy atom. The summed E-state index contributed by atoms with van der Waals surface area (Å²) in [6, 6.07) is 17.2. The second-order valence-electron chi connectivity index (χ2n) is 4.17. The van der Waals surface area contributed by atoms with Crippen molar-refractivity contribution in [3.8, 4) is 5.75 Å². The maximum Gasteiger partial charge on any atom is 0.250 e. The van der Waals surface area contributed by atoms with Crippen molar-refractivity contribution in [2.24, 2.45) is 5.10 Å². The van der Waals surface area contributed by atoms with Gasteiger partial charge in [-0.1, -0.05) is 30.3 Å². The van der Waals surface area contributed by atoms with E-state index in [1.165, 1.54) is 11.8 Å². The van der Waals surface area contributed by atoms with E-state index in [0.717, 1.165) is 16.2 Å². The molecular weight excluding hydrogens is 284 g/mol. The molecule has 0 atom stereocenters. The summed E-state index contributed by atoms with van der Waals surface area (Å²) in [6.45, 7) is 0. The lowest BCUT2D eigenvalue weighted by molar-refractivity contribution is -0.118. The highest BCUT2D eigenvalue weighted by Gasteiger charge is 2.01. The number of hydrazone groups is 1. The molecule has 0 saturated heterocycles. The van der Waals surface area contributed by atoms with Gasteiger partial charge < -0.3 is 4.74 Å². The van der Waals surface area contributed by atoms with Gasteiger partial charge in [0.1, 0.15) is 5.75 Å². The van der Waals surface area contributed by atoms with E-state index in [2.05, 4.69) is 10.5 Å². The number of methoxy groups -OCH3 is 1. The van der Waals surface area contributed by atoms with Crippen LogP contribution in [0.5, 0.6) is 5.75 Å². The zero-order valence-corrected chi connectivity index (χ0v) is 12.5. The van der Waals surface area contributed by atoms with Gasteiger partial charge in [0.2, 0.25) is 5.91 Å². The molecule has 0 fully saturated rings. The number of ether oxygens (including phenoxy) is 1. The molecule has 5 heteroatoms. The van der Waals surface area contributed by atoms with Gasteiger partial charge >= 0.3 is 0 Å². The van der Waals surface area contributed by atoms with Crippen molar-refractivity contribution in [1.29, 1.82) is 0 Å². The van der Waals surface area contributed by atoms with E-state index in [1.807, 2.05) is 54.6 Å². The Morgan fingerprint density at radius 1 is 1.19 bits per heavy atom. The first-order valence-electron chi connectivity index (χ1n) is 6.42. The first kappa shape index (κ1) is 15.1. The van der Waals surface area contributed by atoms with Crippen LogP contribution in [0.3, 0.4) is 0 Å². The molecule has 21 heavy (non-hydrogen) atoms. The van der Waals surface area contributed by atoms with E-state index in [1.54, 1.807) is 13.3 Å². The summed E-state index contributed by atoms with van der Waals surface area (Å²) in [5.74, 6) is 0.984. The van der Waals surface area contributed by atoms with Crippen LogP contribution in [-0.4, -0.2) is 25.0 Å². The summed E-state index contributed by atoms with van der Waals surface area (Å²) in [4.78, 5) is 12.7. The molecule has 0 aliphatic heterocycles. The fraction of sp³-hybridized carbons (Fsp3) is 0.125. The van der Waals surface area contributed by atoms with Crippen LogP contribution in [0, 0.1) is 0 Å². The highest BCUT2D eigenvalue weighted by molar-refractivity contribution is 8.00. The number of carbonyl (C=O) groups excluding carboxylic acids is 1. The van der Waals surface area contributed by atoms with Crippen LogP contribution in [-0.2, 0) is 4.79 Å². The van der Waals surface area contributed by atoms with Crippen LogP contribution in [0.1, 0.15) is 5.56 Å². The van der Waals surface area contributed by atoms with Crippen molar-refractivity contribution < 1.29 is 9.53 Å². The molecule has 2 aromatic rings. The third kappa shape index (κ3) is 5.31. The number of nitrogens with zero attached hydrogens (tertiary/aromatic N) is 1. The zero-order valence-electron chi connectivity index (χ0n) is 11.7. The van der Waals surface area contributed by atoms with E-state index >= 15 is 0 Å². The van der Waals surface area contributed by atoms with Crippen molar-refractivity contribution in [3.05, 3.63) is 60.2 Å². The summed E-state index contributed by atoms with van der Waals surface area (Å²) in [6.07, 6.45) is 1.62. The molecule has 0 spiro atoms. The van der Waals surface area contributed by atoms with E-state index in [0.29, 0.717) is 5.75 Å².